The second kappa shape index (κ2) is 4.63. The Kier molecular flexibility index (Phi) is 4.56. The Balaban J connectivity index is 3.72. The summed E-state index contributed by atoms with van der Waals surface area (Å²) in [6, 6.07) is 0. The molecule has 3 heteroatoms. The fourth-order valence-corrected chi connectivity index (χ4v) is 0.849. The van der Waals surface area contributed by atoms with E-state index in [-0.39, 0.29) is 10.6 Å². The monoisotopic (exact) mass is 205 g/mol. The standard InChI is InChI=1S/C7H10BrO2/c1-3-6(9)7(10)4-5(2)8/h3,5,7,10H,1-2,4H2. The van der Waals surface area contributed by atoms with Crippen LogP contribution in [0, 0.1) is 6.92 Å². The topological polar surface area (TPSA) is 37.3 Å². The molecule has 0 heterocycles. The van der Waals surface area contributed by atoms with Gasteiger partial charge < -0.3 is 5.11 Å². The van der Waals surface area contributed by atoms with Crippen molar-refractivity contribution in [3.8, 4) is 0 Å². The fourth-order valence-electron chi connectivity index (χ4n) is 0.494. The van der Waals surface area contributed by atoms with Crippen LogP contribution >= 0.6 is 15.9 Å². The predicted molar refractivity (Wildman–Crippen MR) is 43.9 cm³/mol. The number of aliphatic hydroxyl groups is 1. The maximum absolute atomic E-state index is 10.6. The van der Waals surface area contributed by atoms with Crippen LogP contribution in [0.2, 0.25) is 0 Å². The molecule has 0 fully saturated rings. The average Bonchev–Trinajstić information content (AvgIpc) is 1.85. The van der Waals surface area contributed by atoms with Gasteiger partial charge in [0.1, 0.15) is 6.10 Å². The van der Waals surface area contributed by atoms with Crippen LogP contribution in [0.5, 0.6) is 0 Å². The van der Waals surface area contributed by atoms with Crippen molar-refractivity contribution < 1.29 is 9.90 Å². The highest BCUT2D eigenvalue weighted by atomic mass is 79.9. The minimum Gasteiger partial charge on any atom is -0.385 e. The van der Waals surface area contributed by atoms with Gasteiger partial charge in [0, 0.05) is 4.83 Å². The summed E-state index contributed by atoms with van der Waals surface area (Å²) >= 11 is 3.11. The number of carbonyl (C=O) groups excluding carboxylic acids is 1. The van der Waals surface area contributed by atoms with Gasteiger partial charge in [0.05, 0.1) is 0 Å². The average molecular weight is 206 g/mol. The van der Waals surface area contributed by atoms with E-state index in [4.69, 9.17) is 5.11 Å². The van der Waals surface area contributed by atoms with Gasteiger partial charge in [-0.3, -0.25) is 4.79 Å². The second-order valence-electron chi connectivity index (χ2n) is 1.96. The number of rotatable bonds is 4. The molecule has 1 radical (unpaired) electrons. The van der Waals surface area contributed by atoms with E-state index in [0.29, 0.717) is 6.42 Å². The van der Waals surface area contributed by atoms with Gasteiger partial charge in [-0.05, 0) is 19.4 Å². The molecule has 1 N–H and O–H groups in total. The number of carbonyl (C=O) groups is 1. The molecule has 0 saturated carbocycles. The zero-order valence-corrected chi connectivity index (χ0v) is 7.17. The van der Waals surface area contributed by atoms with Crippen LogP contribution in [0.25, 0.3) is 0 Å². The lowest BCUT2D eigenvalue weighted by Gasteiger charge is -2.07. The number of halogens is 1. The second-order valence-corrected chi connectivity index (χ2v) is 3.25. The van der Waals surface area contributed by atoms with E-state index >= 15 is 0 Å². The largest absolute Gasteiger partial charge is 0.385 e. The molecule has 2 nitrogen and oxygen atoms in total. The van der Waals surface area contributed by atoms with E-state index in [1.165, 1.54) is 0 Å². The van der Waals surface area contributed by atoms with Gasteiger partial charge in [-0.2, -0.15) is 0 Å². The first kappa shape index (κ1) is 9.85. The van der Waals surface area contributed by atoms with E-state index in [1.54, 1.807) is 0 Å². The third kappa shape index (κ3) is 3.80. The Labute approximate surface area is 69.1 Å². The molecular formula is C7H10BrO2. The van der Waals surface area contributed by atoms with Crippen molar-refractivity contribution in [2.75, 3.05) is 0 Å². The quantitative estimate of drug-likeness (QED) is 0.552. The summed E-state index contributed by atoms with van der Waals surface area (Å²) in [4.78, 5) is 10.5. The maximum atomic E-state index is 10.6. The van der Waals surface area contributed by atoms with Gasteiger partial charge in [0.25, 0.3) is 0 Å². The van der Waals surface area contributed by atoms with Gasteiger partial charge in [-0.25, -0.2) is 0 Å². The number of hydrogen-bond donors (Lipinski definition) is 1. The minimum absolute atomic E-state index is 0.0913. The highest BCUT2D eigenvalue weighted by Gasteiger charge is 2.13. The lowest BCUT2D eigenvalue weighted by molar-refractivity contribution is -0.122. The summed E-state index contributed by atoms with van der Waals surface area (Å²) < 4.78 is 0. The van der Waals surface area contributed by atoms with Crippen LogP contribution in [0.4, 0.5) is 0 Å². The molecular weight excluding hydrogens is 196 g/mol. The molecule has 0 aliphatic carbocycles. The molecule has 2 atom stereocenters. The van der Waals surface area contributed by atoms with Crippen molar-refractivity contribution in [2.24, 2.45) is 0 Å². The Morgan fingerprint density at radius 1 is 1.80 bits per heavy atom. The lowest BCUT2D eigenvalue weighted by Crippen LogP contribution is -2.20. The Morgan fingerprint density at radius 2 is 2.30 bits per heavy atom. The van der Waals surface area contributed by atoms with Gasteiger partial charge in [-0.15, -0.1) is 0 Å². The number of hydrogen-bond acceptors (Lipinski definition) is 2. The molecule has 2 unspecified atom stereocenters. The first-order chi connectivity index (χ1) is 4.57. The lowest BCUT2D eigenvalue weighted by atomic mass is 10.1. The van der Waals surface area contributed by atoms with E-state index in [0.717, 1.165) is 6.08 Å². The van der Waals surface area contributed by atoms with Crippen LogP contribution in [-0.4, -0.2) is 21.8 Å². The van der Waals surface area contributed by atoms with Crippen LogP contribution in [0.3, 0.4) is 0 Å². The maximum Gasteiger partial charge on any atom is 0.183 e. The molecule has 0 aromatic carbocycles. The molecule has 0 amide bonds. The van der Waals surface area contributed by atoms with Crippen LogP contribution in [0.15, 0.2) is 12.7 Å². The van der Waals surface area contributed by atoms with Crippen molar-refractivity contribution in [2.45, 2.75) is 17.4 Å². The van der Waals surface area contributed by atoms with Crippen molar-refractivity contribution in [1.82, 2.24) is 0 Å². The normalized spacial score (nSPS) is 15.9. The van der Waals surface area contributed by atoms with E-state index in [2.05, 4.69) is 29.4 Å². The highest BCUT2D eigenvalue weighted by Crippen LogP contribution is 2.07. The third-order valence-electron chi connectivity index (χ3n) is 1.01. The molecule has 0 bridgehead atoms. The van der Waals surface area contributed by atoms with Gasteiger partial charge in [0.15, 0.2) is 5.78 Å². The zero-order chi connectivity index (χ0) is 8.15. The number of ketones is 1. The Morgan fingerprint density at radius 3 is 2.60 bits per heavy atom. The molecule has 0 aliphatic heterocycles. The summed E-state index contributed by atoms with van der Waals surface area (Å²) in [5, 5.41) is 9.00. The first-order valence-corrected chi connectivity index (χ1v) is 3.81. The number of alkyl halides is 1. The van der Waals surface area contributed by atoms with Gasteiger partial charge >= 0.3 is 0 Å². The van der Waals surface area contributed by atoms with Crippen LogP contribution in [-0.2, 0) is 4.79 Å². The predicted octanol–water partition coefficient (Wildman–Crippen LogP) is 1.09. The third-order valence-corrected chi connectivity index (χ3v) is 1.38. The molecule has 0 aliphatic rings. The summed E-state index contributed by atoms with van der Waals surface area (Å²) in [7, 11) is 0. The molecule has 0 aromatic heterocycles. The van der Waals surface area contributed by atoms with Crippen molar-refractivity contribution in [3.63, 3.8) is 0 Å². The van der Waals surface area contributed by atoms with Crippen molar-refractivity contribution in [1.29, 1.82) is 0 Å². The molecule has 0 rings (SSSR count). The van der Waals surface area contributed by atoms with Gasteiger partial charge in [0.2, 0.25) is 0 Å². The SMILES string of the molecule is [CH2]C(Br)CC(O)C(=O)C=C. The summed E-state index contributed by atoms with van der Waals surface area (Å²) in [6.07, 6.45) is 0.477. The van der Waals surface area contributed by atoms with Crippen LogP contribution in [0.1, 0.15) is 6.42 Å². The summed E-state index contributed by atoms with van der Waals surface area (Å²) in [5.41, 5.74) is 0. The van der Waals surface area contributed by atoms with Gasteiger partial charge in [-0.1, -0.05) is 22.5 Å². The summed E-state index contributed by atoms with van der Waals surface area (Å²) in [6.45, 7) is 6.81. The van der Waals surface area contributed by atoms with E-state index < -0.39 is 6.10 Å². The summed E-state index contributed by atoms with van der Waals surface area (Å²) in [5.74, 6) is -0.354. The smallest absolute Gasteiger partial charge is 0.183 e. The fraction of sp³-hybridized carbons (Fsp3) is 0.429. The Bertz CT molecular complexity index is 132. The Hall–Kier alpha value is -0.150. The number of aliphatic hydroxyl groups excluding tert-OH is 1. The van der Waals surface area contributed by atoms with E-state index in [1.807, 2.05) is 0 Å². The molecule has 0 aromatic rings. The van der Waals surface area contributed by atoms with Crippen molar-refractivity contribution >= 4 is 21.7 Å². The highest BCUT2D eigenvalue weighted by molar-refractivity contribution is 9.09. The van der Waals surface area contributed by atoms with Crippen LogP contribution < -0.4 is 0 Å². The molecule has 0 saturated heterocycles. The molecule has 57 valence electrons. The van der Waals surface area contributed by atoms with E-state index in [9.17, 15) is 4.79 Å². The molecule has 0 spiro atoms. The zero-order valence-electron chi connectivity index (χ0n) is 5.59. The first-order valence-electron chi connectivity index (χ1n) is 2.89. The molecule has 10 heavy (non-hydrogen) atoms. The minimum atomic E-state index is -0.959. The van der Waals surface area contributed by atoms with Crippen molar-refractivity contribution in [3.05, 3.63) is 19.6 Å².